The Labute approximate surface area is 650 Å². The predicted molar refractivity (Wildman–Crippen MR) is 407 cm³/mol. The first kappa shape index (κ1) is 79.2. The molecule has 0 amide bonds. The third kappa shape index (κ3) is 24.5. The smallest absolute Gasteiger partial charge is 0.380 e. The molecule has 6 heterocycles. The van der Waals surface area contributed by atoms with Crippen molar-refractivity contribution in [3.8, 4) is 17.2 Å². The maximum absolute atomic E-state index is 13.9. The molecule has 4 unspecified atom stereocenters. The molecule has 0 bridgehead atoms. The molecule has 0 spiro atoms. The number of aliphatic hydroxyl groups excluding tert-OH is 3. The summed E-state index contributed by atoms with van der Waals surface area (Å²) in [5.41, 5.74) is -0.0473. The number of hydrogen-bond acceptors (Lipinski definition) is 27. The van der Waals surface area contributed by atoms with Crippen molar-refractivity contribution in [1.29, 1.82) is 0 Å². The van der Waals surface area contributed by atoms with Crippen LogP contribution in [0.2, 0.25) is 0 Å². The second kappa shape index (κ2) is 39.3. The van der Waals surface area contributed by atoms with Crippen LogP contribution in [0.25, 0.3) is 0 Å². The van der Waals surface area contributed by atoms with E-state index in [-0.39, 0.29) is 31.2 Å². The third-order valence-corrected chi connectivity index (χ3v) is 23.5. The van der Waals surface area contributed by atoms with Gasteiger partial charge in [0.05, 0.1) is 101 Å². The van der Waals surface area contributed by atoms with Crippen molar-refractivity contribution in [2.45, 2.75) is 177 Å². The minimum absolute atomic E-state index is 0.136. The zero-order valence-corrected chi connectivity index (χ0v) is 67.4. The van der Waals surface area contributed by atoms with Gasteiger partial charge in [0, 0.05) is 53.0 Å². The third-order valence-electron chi connectivity index (χ3n) is 16.7. The average molecular weight is 1630 g/mol. The van der Waals surface area contributed by atoms with Crippen LogP contribution in [0, 0.1) is 70.2 Å². The summed E-state index contributed by atoms with van der Waals surface area (Å²) in [4.78, 5) is 82.4. The SMILES string of the molecule is [2H]C([2H])(OP(=O)(C[C@@H](C)C(=O)OC(C)C)Oc1ccccc1)[C@@H]1O[C@H](n2cc(C)c(=S)[nH]c2=O)[C@H](C)C1O.[2H]C([2H])(O[P@@](=O)(C[C@@H](C)C(=O)OC(C)C)Oc1ccccc1)[C@@H]1O[C@H](n2cc(C)c(=S)[nH]c2=O)[C@H](C)C1O.[2H]C([2H])(O[P@](=O)(C[C@@H](C)C(=O)OC(C)C)Oc1ccccc1)[C@@H]1O[C@H](n2cc(C)c(=S)[nH]c2=O)[C@H](C)C1O. The van der Waals surface area contributed by atoms with Gasteiger partial charge in [-0.05, 0) is 98.7 Å². The first-order chi connectivity index (χ1) is 52.9. The van der Waals surface area contributed by atoms with Gasteiger partial charge in [-0.1, -0.05) is 133 Å². The highest BCUT2D eigenvalue weighted by atomic mass is 32.1. The highest BCUT2D eigenvalue weighted by Gasteiger charge is 2.48. The van der Waals surface area contributed by atoms with Crippen LogP contribution in [0.3, 0.4) is 0 Å². The number of esters is 3. The Hall–Kier alpha value is -6.90. The summed E-state index contributed by atoms with van der Waals surface area (Å²) in [5, 5.41) is 32.7. The van der Waals surface area contributed by atoms with Gasteiger partial charge < -0.3 is 57.3 Å². The lowest BCUT2D eigenvalue weighted by Crippen LogP contribution is -2.31. The van der Waals surface area contributed by atoms with Crippen LogP contribution < -0.4 is 30.6 Å². The summed E-state index contributed by atoms with van der Waals surface area (Å²) in [6, 6.07) is 24.0. The topological polar surface area (TPSA) is 387 Å². The number of carbonyl (C=O) groups is 3. The minimum Gasteiger partial charge on any atom is -0.463 e. The molecule has 3 aromatic carbocycles. The number of ether oxygens (including phenoxy) is 6. The fraction of sp³-hybridized carbons (Fsp3) is 0.542. The number of benzene rings is 3. The van der Waals surface area contributed by atoms with Crippen LogP contribution in [-0.2, 0) is 70.1 Å². The van der Waals surface area contributed by atoms with Gasteiger partial charge in [0.15, 0.2) is 0 Å². The summed E-state index contributed by atoms with van der Waals surface area (Å²) in [5.74, 6) is -6.69. The second-order valence-corrected chi connectivity index (χ2v) is 34.3. The van der Waals surface area contributed by atoms with Crippen LogP contribution in [0.4, 0.5) is 0 Å². The molecule has 3 aromatic heterocycles. The Balaban J connectivity index is 0.000000237. The number of nitrogens with zero attached hydrogens (tertiary/aromatic N) is 3. The zero-order valence-electron chi connectivity index (χ0n) is 68.2. The van der Waals surface area contributed by atoms with E-state index in [9.17, 15) is 57.8 Å². The molecule has 3 aliphatic rings. The first-order valence-electron chi connectivity index (χ1n) is 37.6. The molecule has 6 aromatic rings. The van der Waals surface area contributed by atoms with Crippen molar-refractivity contribution in [2.24, 2.45) is 35.5 Å². The number of aromatic amines is 3. The van der Waals surface area contributed by atoms with Gasteiger partial charge in [0.1, 0.15) is 68.2 Å². The van der Waals surface area contributed by atoms with Crippen LogP contribution in [0.1, 0.15) is 127 Å². The number of nitrogens with one attached hydrogen (secondary N) is 3. The number of aliphatic hydroxyl groups is 3. The van der Waals surface area contributed by atoms with Crippen molar-refractivity contribution < 1.29 is 107 Å². The average Bonchev–Trinajstić information content (AvgIpc) is 1.69. The molecule has 594 valence electrons. The summed E-state index contributed by atoms with van der Waals surface area (Å²) in [7, 11) is -13.2. The van der Waals surface area contributed by atoms with Crippen molar-refractivity contribution in [3.63, 3.8) is 0 Å². The van der Waals surface area contributed by atoms with E-state index in [4.69, 9.17) is 100 Å². The van der Waals surface area contributed by atoms with E-state index in [2.05, 4.69) is 15.0 Å². The molecule has 0 aliphatic carbocycles. The lowest BCUT2D eigenvalue weighted by Gasteiger charge is -2.24. The lowest BCUT2D eigenvalue weighted by atomic mass is 10.0. The molecule has 6 N–H and O–H groups in total. The summed E-state index contributed by atoms with van der Waals surface area (Å²) in [6.45, 7) is 15.7. The largest absolute Gasteiger partial charge is 0.463 e. The normalized spacial score (nSPS) is 25.5. The van der Waals surface area contributed by atoms with Crippen LogP contribution in [0.15, 0.2) is 124 Å². The molecule has 0 radical (unpaired) electrons. The van der Waals surface area contributed by atoms with E-state index in [1.54, 1.807) is 138 Å². The molecule has 3 aliphatic heterocycles. The van der Waals surface area contributed by atoms with Crippen molar-refractivity contribution in [1.82, 2.24) is 28.7 Å². The van der Waals surface area contributed by atoms with Crippen molar-refractivity contribution >= 4 is 77.3 Å². The molecule has 3 saturated heterocycles. The number of aromatic nitrogens is 6. The molecule has 0 saturated carbocycles. The standard InChI is InChI=1S/3C24H33N2O8PS/c3*1-14(2)32-23(28)16(4)13-35(30,34-18-9-7-6-8-10-18)31-12-19-20(27)17(5)22(33-19)26-11-15(3)21(36)25-24(26)29/h3*6-11,14,16-17,19-20,22,27H,12-13H2,1-5H3,(H,25,29,36)/t16-,17-,19+,20?,22+,35?;16-,17-,19+,20?,22+,35+;16-,17-,19+,20?,22+,35-/m111/s1/i3*12D2. The Morgan fingerprint density at radius 3 is 0.880 bits per heavy atom. The molecular formula is C72H99N6O24P3S3. The molecule has 18 atom stereocenters. The number of rotatable bonds is 30. The summed E-state index contributed by atoms with van der Waals surface area (Å²) < 4.78 is 164. The summed E-state index contributed by atoms with van der Waals surface area (Å²) in [6.07, 6.45) is -10.8. The van der Waals surface area contributed by atoms with Crippen LogP contribution in [0.5, 0.6) is 17.2 Å². The molecule has 3 fully saturated rings. The van der Waals surface area contributed by atoms with Gasteiger partial charge in [0.25, 0.3) is 0 Å². The minimum atomic E-state index is -4.39. The zero-order chi connectivity index (χ0) is 85.2. The highest BCUT2D eigenvalue weighted by Crippen LogP contribution is 2.54. The molecule has 108 heavy (non-hydrogen) atoms. The predicted octanol–water partition coefficient (Wildman–Crippen LogP) is 12.0. The Morgan fingerprint density at radius 2 is 0.667 bits per heavy atom. The van der Waals surface area contributed by atoms with E-state index in [0.717, 1.165) is 0 Å². The lowest BCUT2D eigenvalue weighted by molar-refractivity contribution is -0.152. The van der Waals surface area contributed by atoms with E-state index in [1.165, 1.54) is 89.5 Å². The quantitative estimate of drug-likeness (QED) is 0.0106. The van der Waals surface area contributed by atoms with E-state index < -0.39 is 205 Å². The maximum Gasteiger partial charge on any atom is 0.380 e. The molecular weight excluding hydrogens is 1520 g/mol. The fourth-order valence-electron chi connectivity index (χ4n) is 10.8. The van der Waals surface area contributed by atoms with Gasteiger partial charge in [-0.2, -0.15) is 0 Å². The number of aryl methyl sites for hydroxylation is 3. The second-order valence-electron chi connectivity index (χ2n) is 27.2. The maximum atomic E-state index is 13.9. The number of hydrogen-bond donors (Lipinski definition) is 6. The Bertz CT molecular complexity index is 4380. The number of para-hydroxylation sites is 3. The summed E-state index contributed by atoms with van der Waals surface area (Å²) >= 11 is 15.2. The van der Waals surface area contributed by atoms with Gasteiger partial charge >= 0.3 is 57.8 Å². The molecule has 30 nitrogen and oxygen atoms in total. The van der Waals surface area contributed by atoms with E-state index >= 15 is 0 Å². The monoisotopic (exact) mass is 1630 g/mol. The number of carbonyl (C=O) groups excluding carboxylic acids is 3. The van der Waals surface area contributed by atoms with Crippen molar-refractivity contribution in [3.05, 3.63) is 172 Å². The number of H-pyrrole nitrogens is 3. The first-order valence-corrected chi connectivity index (χ1v) is 41.0. The molecule has 36 heteroatoms. The van der Waals surface area contributed by atoms with Gasteiger partial charge in [-0.25, -0.2) is 28.1 Å². The van der Waals surface area contributed by atoms with Crippen molar-refractivity contribution in [2.75, 3.05) is 38.2 Å². The van der Waals surface area contributed by atoms with Crippen LogP contribution in [-0.4, -0.2) is 155 Å². The Kier molecular flexibility index (Phi) is 28.8. The van der Waals surface area contributed by atoms with E-state index in [0.29, 0.717) is 16.7 Å². The van der Waals surface area contributed by atoms with Gasteiger partial charge in [-0.3, -0.25) is 56.6 Å². The van der Waals surface area contributed by atoms with Crippen LogP contribution >= 0.6 is 59.4 Å². The van der Waals surface area contributed by atoms with Gasteiger partial charge in [-0.15, -0.1) is 0 Å². The van der Waals surface area contributed by atoms with Gasteiger partial charge in [0.2, 0.25) is 0 Å². The Morgan fingerprint density at radius 1 is 0.444 bits per heavy atom. The van der Waals surface area contributed by atoms with E-state index in [1.807, 2.05) is 0 Å². The fourth-order valence-corrected chi connectivity index (χ4v) is 16.4. The highest BCUT2D eigenvalue weighted by molar-refractivity contribution is 7.71. The molecule has 9 rings (SSSR count).